The third kappa shape index (κ3) is 3.19. The second-order valence-corrected chi connectivity index (χ2v) is 8.96. The van der Waals surface area contributed by atoms with Crippen molar-refractivity contribution in [2.24, 2.45) is 5.41 Å². The summed E-state index contributed by atoms with van der Waals surface area (Å²) in [5.41, 5.74) is 5.07. The minimum absolute atomic E-state index is 0.149. The fourth-order valence-corrected chi connectivity index (χ4v) is 5.45. The summed E-state index contributed by atoms with van der Waals surface area (Å²) in [6, 6.07) is 6.40. The third-order valence-electron chi connectivity index (χ3n) is 7.16. The highest BCUT2D eigenvalue weighted by atomic mass is 16.5. The van der Waals surface area contributed by atoms with Gasteiger partial charge >= 0.3 is 0 Å². The molecule has 0 radical (unpaired) electrons. The predicted octanol–water partition coefficient (Wildman–Crippen LogP) is 3.22. The molecule has 6 nitrogen and oxygen atoms in total. The van der Waals surface area contributed by atoms with Crippen molar-refractivity contribution >= 4 is 5.82 Å². The largest absolute Gasteiger partial charge is 0.507 e. The van der Waals surface area contributed by atoms with Crippen LogP contribution in [0.5, 0.6) is 5.75 Å². The summed E-state index contributed by atoms with van der Waals surface area (Å²) in [5, 5.41) is 26.9. The standard InChI is InChI=1S/C23H30N4O2/c1-14-12-19(25-22-15(2)29-13-23(22)8-10-24-11-9-23)26-27-20(14)18-7-6-16-4-3-5-17(16)21(18)28/h6-7,12,15,22,24,28H,3-5,8-11,13H2,1-2H3,(H,25,26)/t15-,22+/m1/s1. The molecule has 0 unspecified atom stereocenters. The van der Waals surface area contributed by atoms with Gasteiger partial charge in [0, 0.05) is 11.0 Å². The van der Waals surface area contributed by atoms with Crippen molar-refractivity contribution in [3.05, 3.63) is 34.9 Å². The van der Waals surface area contributed by atoms with Crippen molar-refractivity contribution in [3.8, 4) is 17.0 Å². The van der Waals surface area contributed by atoms with Gasteiger partial charge in [-0.3, -0.25) is 0 Å². The first-order chi connectivity index (χ1) is 14.1. The normalized spacial score (nSPS) is 25.3. The third-order valence-corrected chi connectivity index (χ3v) is 7.16. The van der Waals surface area contributed by atoms with Gasteiger partial charge in [-0.05, 0) is 87.9 Å². The maximum absolute atomic E-state index is 10.8. The second kappa shape index (κ2) is 7.26. The van der Waals surface area contributed by atoms with E-state index < -0.39 is 0 Å². The monoisotopic (exact) mass is 394 g/mol. The van der Waals surface area contributed by atoms with E-state index in [9.17, 15) is 5.11 Å². The summed E-state index contributed by atoms with van der Waals surface area (Å²) in [4.78, 5) is 0. The summed E-state index contributed by atoms with van der Waals surface area (Å²) in [7, 11) is 0. The van der Waals surface area contributed by atoms with E-state index in [1.54, 1.807) is 0 Å². The molecule has 29 heavy (non-hydrogen) atoms. The van der Waals surface area contributed by atoms with Crippen molar-refractivity contribution in [2.45, 2.75) is 58.1 Å². The van der Waals surface area contributed by atoms with Crippen LogP contribution in [0.25, 0.3) is 11.3 Å². The number of nitrogens with one attached hydrogen (secondary N) is 2. The first-order valence-corrected chi connectivity index (χ1v) is 10.8. The van der Waals surface area contributed by atoms with E-state index in [0.29, 0.717) is 5.75 Å². The van der Waals surface area contributed by atoms with Crippen LogP contribution in [0.15, 0.2) is 18.2 Å². The molecule has 3 heterocycles. The molecule has 2 aliphatic heterocycles. The van der Waals surface area contributed by atoms with Crippen molar-refractivity contribution < 1.29 is 9.84 Å². The average Bonchev–Trinajstić information content (AvgIpc) is 3.31. The van der Waals surface area contributed by atoms with Gasteiger partial charge in [0.1, 0.15) is 11.6 Å². The molecular weight excluding hydrogens is 364 g/mol. The Hall–Kier alpha value is -2.18. The van der Waals surface area contributed by atoms with E-state index in [0.717, 1.165) is 80.0 Å². The highest BCUT2D eigenvalue weighted by Gasteiger charge is 2.48. The quantitative estimate of drug-likeness (QED) is 0.742. The van der Waals surface area contributed by atoms with Crippen molar-refractivity contribution in [2.75, 3.05) is 25.0 Å². The van der Waals surface area contributed by atoms with Crippen LogP contribution in [0.3, 0.4) is 0 Å². The van der Waals surface area contributed by atoms with E-state index in [2.05, 4.69) is 39.9 Å². The molecular formula is C23H30N4O2. The van der Waals surface area contributed by atoms with Crippen molar-refractivity contribution in [3.63, 3.8) is 0 Å². The summed E-state index contributed by atoms with van der Waals surface area (Å²) in [6.45, 7) is 7.06. The molecule has 3 aliphatic rings. The number of fused-ring (bicyclic) bond motifs is 1. The van der Waals surface area contributed by atoms with Gasteiger partial charge in [0.15, 0.2) is 0 Å². The SMILES string of the molecule is Cc1cc(N[C@H]2[C@@H](C)OCC23CCNCC3)nnc1-c1ccc2c(c1O)CCC2. The molecule has 2 aromatic rings. The Kier molecular flexibility index (Phi) is 4.71. The Morgan fingerprint density at radius 2 is 2.03 bits per heavy atom. The van der Waals surface area contributed by atoms with Crippen LogP contribution in [-0.2, 0) is 17.6 Å². The number of nitrogens with zero attached hydrogens (tertiary/aromatic N) is 2. The number of phenols is 1. The molecule has 0 saturated carbocycles. The number of hydrogen-bond acceptors (Lipinski definition) is 6. The Morgan fingerprint density at radius 1 is 1.21 bits per heavy atom. The zero-order chi connectivity index (χ0) is 20.0. The smallest absolute Gasteiger partial charge is 0.149 e. The van der Waals surface area contributed by atoms with E-state index in [1.165, 1.54) is 5.56 Å². The van der Waals surface area contributed by atoms with Crippen molar-refractivity contribution in [1.29, 1.82) is 0 Å². The van der Waals surface area contributed by atoms with Crippen LogP contribution in [0.1, 0.15) is 42.9 Å². The summed E-state index contributed by atoms with van der Waals surface area (Å²) in [6.07, 6.45) is 5.48. The number of aryl methyl sites for hydroxylation is 2. The molecule has 1 spiro atoms. The molecule has 2 fully saturated rings. The molecule has 1 aromatic carbocycles. The number of aromatic nitrogens is 2. The molecule has 2 saturated heterocycles. The lowest BCUT2D eigenvalue weighted by Crippen LogP contribution is -2.48. The number of benzene rings is 1. The maximum atomic E-state index is 10.8. The number of ether oxygens (including phenoxy) is 1. The van der Waals surface area contributed by atoms with Crippen molar-refractivity contribution in [1.82, 2.24) is 15.5 Å². The second-order valence-electron chi connectivity index (χ2n) is 8.96. The van der Waals surface area contributed by atoms with Crippen LogP contribution in [0.4, 0.5) is 5.82 Å². The maximum Gasteiger partial charge on any atom is 0.149 e. The van der Waals surface area contributed by atoms with Crippen LogP contribution < -0.4 is 10.6 Å². The number of aromatic hydroxyl groups is 1. The lowest BCUT2D eigenvalue weighted by Gasteiger charge is -2.39. The van der Waals surface area contributed by atoms with Crippen LogP contribution in [0, 0.1) is 12.3 Å². The van der Waals surface area contributed by atoms with Gasteiger partial charge in [-0.25, -0.2) is 0 Å². The zero-order valence-corrected chi connectivity index (χ0v) is 17.3. The van der Waals surface area contributed by atoms with E-state index >= 15 is 0 Å². The summed E-state index contributed by atoms with van der Waals surface area (Å²) >= 11 is 0. The van der Waals surface area contributed by atoms with Crippen LogP contribution in [0.2, 0.25) is 0 Å². The lowest BCUT2D eigenvalue weighted by atomic mass is 9.73. The van der Waals surface area contributed by atoms with E-state index in [-0.39, 0.29) is 17.6 Å². The highest BCUT2D eigenvalue weighted by Crippen LogP contribution is 2.42. The molecule has 6 heteroatoms. The lowest BCUT2D eigenvalue weighted by molar-refractivity contribution is 0.0952. The molecule has 5 rings (SSSR count). The number of rotatable bonds is 3. The summed E-state index contributed by atoms with van der Waals surface area (Å²) < 4.78 is 6.04. The first-order valence-electron chi connectivity index (χ1n) is 10.8. The minimum Gasteiger partial charge on any atom is -0.507 e. The zero-order valence-electron chi connectivity index (χ0n) is 17.3. The van der Waals surface area contributed by atoms with Crippen LogP contribution >= 0.6 is 0 Å². The van der Waals surface area contributed by atoms with Gasteiger partial charge < -0.3 is 20.5 Å². The van der Waals surface area contributed by atoms with Gasteiger partial charge in [-0.15, -0.1) is 10.2 Å². The van der Waals surface area contributed by atoms with Gasteiger partial charge in [-0.2, -0.15) is 0 Å². The molecule has 154 valence electrons. The number of piperidine rings is 1. The Labute approximate surface area is 172 Å². The Balaban J connectivity index is 1.42. The van der Waals surface area contributed by atoms with E-state index in [4.69, 9.17) is 4.74 Å². The molecule has 1 aliphatic carbocycles. The molecule has 2 atom stereocenters. The fourth-order valence-electron chi connectivity index (χ4n) is 5.45. The topological polar surface area (TPSA) is 79.3 Å². The number of hydrogen-bond donors (Lipinski definition) is 3. The fraction of sp³-hybridized carbons (Fsp3) is 0.565. The van der Waals surface area contributed by atoms with Gasteiger partial charge in [0.2, 0.25) is 0 Å². The molecule has 0 bridgehead atoms. The van der Waals surface area contributed by atoms with E-state index in [1.807, 2.05) is 13.0 Å². The summed E-state index contributed by atoms with van der Waals surface area (Å²) in [5.74, 6) is 1.16. The Bertz CT molecular complexity index is 918. The Morgan fingerprint density at radius 3 is 2.83 bits per heavy atom. The van der Waals surface area contributed by atoms with Gasteiger partial charge in [0.25, 0.3) is 0 Å². The molecule has 0 amide bonds. The molecule has 3 N–H and O–H groups in total. The highest BCUT2D eigenvalue weighted by molar-refractivity contribution is 5.73. The van der Waals surface area contributed by atoms with Gasteiger partial charge in [0.05, 0.1) is 24.4 Å². The van der Waals surface area contributed by atoms with Gasteiger partial charge in [-0.1, -0.05) is 6.07 Å². The first kappa shape index (κ1) is 18.8. The minimum atomic E-state index is 0.149. The average molecular weight is 395 g/mol. The van der Waals surface area contributed by atoms with Crippen LogP contribution in [-0.4, -0.2) is 47.1 Å². The number of anilines is 1. The number of phenolic OH excluding ortho intramolecular Hbond substituents is 1. The molecule has 1 aromatic heterocycles. The predicted molar refractivity (Wildman–Crippen MR) is 113 cm³/mol.